The highest BCUT2D eigenvalue weighted by Gasteiger charge is 2.18. The maximum absolute atomic E-state index is 11.6. The first-order chi connectivity index (χ1) is 8.19. The van der Waals surface area contributed by atoms with Gasteiger partial charge in [0.25, 0.3) is 0 Å². The standard InChI is InChI=1S/C11H9BrN2O3/c1-17-11(16)10-7-3-2-4-8(12)14(7)9(13-10)5-6-15/h2-4,6H,5H2,1H3. The summed E-state index contributed by atoms with van der Waals surface area (Å²) < 4.78 is 7.10. The lowest BCUT2D eigenvalue weighted by Crippen LogP contribution is -2.02. The number of rotatable bonds is 3. The Morgan fingerprint density at radius 1 is 1.59 bits per heavy atom. The van der Waals surface area contributed by atoms with E-state index in [2.05, 4.69) is 25.7 Å². The highest BCUT2D eigenvalue weighted by atomic mass is 79.9. The topological polar surface area (TPSA) is 60.7 Å². The van der Waals surface area contributed by atoms with Gasteiger partial charge in [0.15, 0.2) is 5.69 Å². The first-order valence-electron chi connectivity index (χ1n) is 4.87. The van der Waals surface area contributed by atoms with Crippen molar-refractivity contribution in [1.29, 1.82) is 0 Å². The number of fused-ring (bicyclic) bond motifs is 1. The molecular weight excluding hydrogens is 288 g/mol. The summed E-state index contributed by atoms with van der Waals surface area (Å²) in [4.78, 5) is 26.3. The molecule has 0 amide bonds. The van der Waals surface area contributed by atoms with E-state index in [1.54, 1.807) is 16.5 Å². The number of hydrogen-bond donors (Lipinski definition) is 0. The van der Waals surface area contributed by atoms with Crippen LogP contribution >= 0.6 is 15.9 Å². The summed E-state index contributed by atoms with van der Waals surface area (Å²) in [6.45, 7) is 0. The number of aldehydes is 1. The predicted molar refractivity (Wildman–Crippen MR) is 64.0 cm³/mol. The summed E-state index contributed by atoms with van der Waals surface area (Å²) >= 11 is 3.36. The minimum Gasteiger partial charge on any atom is -0.464 e. The van der Waals surface area contributed by atoms with E-state index in [-0.39, 0.29) is 12.1 Å². The first-order valence-corrected chi connectivity index (χ1v) is 5.66. The van der Waals surface area contributed by atoms with Gasteiger partial charge in [-0.1, -0.05) is 6.07 Å². The third-order valence-electron chi connectivity index (χ3n) is 2.33. The van der Waals surface area contributed by atoms with E-state index in [4.69, 9.17) is 0 Å². The number of aromatic nitrogens is 2. The molecule has 0 saturated heterocycles. The highest BCUT2D eigenvalue weighted by molar-refractivity contribution is 9.10. The van der Waals surface area contributed by atoms with Gasteiger partial charge in [-0.05, 0) is 28.1 Å². The number of nitrogens with zero attached hydrogens (tertiary/aromatic N) is 2. The fourth-order valence-corrected chi connectivity index (χ4v) is 2.17. The Hall–Kier alpha value is -1.69. The van der Waals surface area contributed by atoms with Crippen LogP contribution in [-0.4, -0.2) is 28.7 Å². The minimum absolute atomic E-state index is 0.140. The summed E-state index contributed by atoms with van der Waals surface area (Å²) in [5.41, 5.74) is 0.828. The van der Waals surface area contributed by atoms with E-state index in [9.17, 15) is 9.59 Å². The number of ether oxygens (including phenoxy) is 1. The van der Waals surface area contributed by atoms with Gasteiger partial charge < -0.3 is 9.53 Å². The Labute approximate surface area is 106 Å². The van der Waals surface area contributed by atoms with E-state index in [0.717, 1.165) is 10.9 Å². The maximum Gasteiger partial charge on any atom is 0.358 e. The lowest BCUT2D eigenvalue weighted by atomic mass is 10.3. The molecule has 0 aromatic carbocycles. The van der Waals surface area contributed by atoms with Crippen LogP contribution in [0.1, 0.15) is 16.3 Å². The van der Waals surface area contributed by atoms with Crippen LogP contribution in [0.4, 0.5) is 0 Å². The van der Waals surface area contributed by atoms with Crippen LogP contribution in [0, 0.1) is 0 Å². The van der Waals surface area contributed by atoms with Crippen molar-refractivity contribution in [1.82, 2.24) is 9.38 Å². The minimum atomic E-state index is -0.516. The average Bonchev–Trinajstić information content (AvgIpc) is 2.69. The molecule has 0 N–H and O–H groups in total. The van der Waals surface area contributed by atoms with Crippen molar-refractivity contribution >= 4 is 33.7 Å². The molecule has 0 saturated carbocycles. The smallest absolute Gasteiger partial charge is 0.358 e. The zero-order valence-corrected chi connectivity index (χ0v) is 10.6. The second kappa shape index (κ2) is 4.67. The number of pyridine rings is 1. The number of esters is 1. The molecule has 2 rings (SSSR count). The molecule has 2 aromatic rings. The van der Waals surface area contributed by atoms with E-state index < -0.39 is 5.97 Å². The molecule has 0 aliphatic rings. The van der Waals surface area contributed by atoms with E-state index in [0.29, 0.717) is 11.3 Å². The second-order valence-electron chi connectivity index (χ2n) is 3.31. The molecule has 17 heavy (non-hydrogen) atoms. The summed E-state index contributed by atoms with van der Waals surface area (Å²) in [6, 6.07) is 5.35. The Bertz CT molecular complexity index is 592. The van der Waals surface area contributed by atoms with E-state index >= 15 is 0 Å². The van der Waals surface area contributed by atoms with Gasteiger partial charge in [0.2, 0.25) is 0 Å². The van der Waals surface area contributed by atoms with Gasteiger partial charge in [-0.3, -0.25) is 4.40 Å². The number of halogens is 1. The number of carbonyl (C=O) groups excluding carboxylic acids is 2. The molecule has 88 valence electrons. The second-order valence-corrected chi connectivity index (χ2v) is 4.12. The van der Waals surface area contributed by atoms with Crippen LogP contribution in [0.5, 0.6) is 0 Å². The van der Waals surface area contributed by atoms with Gasteiger partial charge in [0.1, 0.15) is 12.1 Å². The van der Waals surface area contributed by atoms with Crippen molar-refractivity contribution in [3.8, 4) is 0 Å². The van der Waals surface area contributed by atoms with Crippen LogP contribution < -0.4 is 0 Å². The molecule has 0 bridgehead atoms. The summed E-state index contributed by atoms with van der Waals surface area (Å²) in [7, 11) is 1.30. The van der Waals surface area contributed by atoms with Crippen LogP contribution in [-0.2, 0) is 16.0 Å². The molecule has 6 heteroatoms. The van der Waals surface area contributed by atoms with Crippen molar-refractivity contribution in [2.45, 2.75) is 6.42 Å². The summed E-state index contributed by atoms with van der Waals surface area (Å²) in [5.74, 6) is -0.0133. The van der Waals surface area contributed by atoms with Crippen molar-refractivity contribution in [3.63, 3.8) is 0 Å². The third kappa shape index (κ3) is 1.95. The van der Waals surface area contributed by atoms with Crippen LogP contribution in [0.25, 0.3) is 5.52 Å². The van der Waals surface area contributed by atoms with E-state index in [1.165, 1.54) is 7.11 Å². The zero-order chi connectivity index (χ0) is 12.4. The number of carbonyl (C=O) groups is 2. The molecule has 0 spiro atoms. The Morgan fingerprint density at radius 3 is 3.00 bits per heavy atom. The molecule has 0 radical (unpaired) electrons. The number of methoxy groups -OCH3 is 1. The molecular formula is C11H9BrN2O3. The SMILES string of the molecule is COC(=O)c1nc(CC=O)n2c(Br)cccc12. The van der Waals surface area contributed by atoms with Gasteiger partial charge in [0, 0.05) is 0 Å². The fraction of sp³-hybridized carbons (Fsp3) is 0.182. The zero-order valence-electron chi connectivity index (χ0n) is 9.01. The molecule has 0 aliphatic carbocycles. The van der Waals surface area contributed by atoms with Crippen molar-refractivity contribution in [2.75, 3.05) is 7.11 Å². The van der Waals surface area contributed by atoms with Crippen molar-refractivity contribution in [2.24, 2.45) is 0 Å². The van der Waals surface area contributed by atoms with Gasteiger partial charge in [0.05, 0.1) is 23.7 Å². The van der Waals surface area contributed by atoms with Gasteiger partial charge >= 0.3 is 5.97 Å². The van der Waals surface area contributed by atoms with Gasteiger partial charge in [-0.25, -0.2) is 9.78 Å². The first kappa shape index (κ1) is 11.8. The van der Waals surface area contributed by atoms with Crippen LogP contribution in [0.2, 0.25) is 0 Å². The highest BCUT2D eigenvalue weighted by Crippen LogP contribution is 2.20. The monoisotopic (exact) mass is 296 g/mol. The Kier molecular flexibility index (Phi) is 3.23. The molecule has 2 aromatic heterocycles. The maximum atomic E-state index is 11.6. The number of imidazole rings is 1. The summed E-state index contributed by atoms with van der Waals surface area (Å²) in [5, 5.41) is 0. The summed E-state index contributed by atoms with van der Waals surface area (Å²) in [6.07, 6.45) is 0.885. The predicted octanol–water partition coefficient (Wildman–Crippen LogP) is 1.62. The average molecular weight is 297 g/mol. The number of hydrogen-bond acceptors (Lipinski definition) is 4. The Morgan fingerprint density at radius 2 is 2.35 bits per heavy atom. The molecule has 5 nitrogen and oxygen atoms in total. The lowest BCUT2D eigenvalue weighted by Gasteiger charge is -2.00. The third-order valence-corrected chi connectivity index (χ3v) is 2.95. The lowest BCUT2D eigenvalue weighted by molar-refractivity contribution is -0.107. The molecule has 0 aliphatic heterocycles. The van der Waals surface area contributed by atoms with Crippen LogP contribution in [0.3, 0.4) is 0 Å². The van der Waals surface area contributed by atoms with Crippen molar-refractivity contribution in [3.05, 3.63) is 34.3 Å². The molecule has 0 unspecified atom stereocenters. The molecule has 0 atom stereocenters. The van der Waals surface area contributed by atoms with E-state index in [1.807, 2.05) is 6.07 Å². The fourth-order valence-electron chi connectivity index (χ4n) is 1.62. The normalized spacial score (nSPS) is 10.5. The van der Waals surface area contributed by atoms with Gasteiger partial charge in [-0.2, -0.15) is 0 Å². The van der Waals surface area contributed by atoms with Gasteiger partial charge in [-0.15, -0.1) is 0 Å². The molecule has 2 heterocycles. The van der Waals surface area contributed by atoms with Crippen molar-refractivity contribution < 1.29 is 14.3 Å². The Balaban J connectivity index is 2.74. The van der Waals surface area contributed by atoms with Crippen LogP contribution in [0.15, 0.2) is 22.8 Å². The quantitative estimate of drug-likeness (QED) is 0.491. The molecule has 0 fully saturated rings. The largest absolute Gasteiger partial charge is 0.464 e.